The number of hydrogen-bond donors (Lipinski definition) is 1. The Bertz CT molecular complexity index is 531. The molecule has 1 atom stereocenters. The average molecular weight is 294 g/mol. The Kier molecular flexibility index (Phi) is 5.49. The maximum absolute atomic E-state index is 13.8. The first kappa shape index (κ1) is 14.9. The van der Waals surface area contributed by atoms with E-state index in [-0.39, 0.29) is 17.6 Å². The molecule has 1 aromatic carbocycles. The summed E-state index contributed by atoms with van der Waals surface area (Å²) in [7, 11) is 1.47. The lowest BCUT2D eigenvalue weighted by molar-refractivity contribution is 0.385. The summed E-state index contributed by atoms with van der Waals surface area (Å²) in [5.74, 6) is -0.0512. The van der Waals surface area contributed by atoms with Gasteiger partial charge in [0.2, 0.25) is 0 Å². The Hall–Kier alpha value is -1.46. The molecule has 0 spiro atoms. The van der Waals surface area contributed by atoms with Crippen molar-refractivity contribution >= 4 is 11.3 Å². The second-order valence-electron chi connectivity index (χ2n) is 4.53. The first-order chi connectivity index (χ1) is 9.74. The highest BCUT2D eigenvalue weighted by atomic mass is 32.1. The second-order valence-corrected chi connectivity index (χ2v) is 5.51. The van der Waals surface area contributed by atoms with Crippen LogP contribution in [0.4, 0.5) is 4.39 Å². The Balaban J connectivity index is 2.18. The van der Waals surface area contributed by atoms with E-state index in [1.807, 2.05) is 11.4 Å². The van der Waals surface area contributed by atoms with Gasteiger partial charge in [0, 0.05) is 24.0 Å². The molecular weight excluding hydrogens is 275 g/mol. The maximum atomic E-state index is 13.8. The van der Waals surface area contributed by atoms with E-state index < -0.39 is 0 Å². The zero-order valence-corrected chi connectivity index (χ0v) is 12.5. The standard InChI is InChI=1S/C15H19FN2OS/c1-3-6-17-13(10-15-18-7-8-20-15)11-4-5-14(19-2)12(16)9-11/h4-5,7-9,13,17H,3,6,10H2,1-2H3. The van der Waals surface area contributed by atoms with Gasteiger partial charge < -0.3 is 10.1 Å². The summed E-state index contributed by atoms with van der Waals surface area (Å²) in [6, 6.07) is 5.19. The van der Waals surface area contributed by atoms with Crippen LogP contribution in [0.1, 0.15) is 30.0 Å². The fourth-order valence-electron chi connectivity index (χ4n) is 2.05. The summed E-state index contributed by atoms with van der Waals surface area (Å²) in [4.78, 5) is 4.31. The number of rotatable bonds is 7. The molecule has 20 heavy (non-hydrogen) atoms. The van der Waals surface area contributed by atoms with Gasteiger partial charge in [-0.3, -0.25) is 0 Å². The van der Waals surface area contributed by atoms with Crippen LogP contribution in [0.5, 0.6) is 5.75 Å². The number of hydrogen-bond acceptors (Lipinski definition) is 4. The third kappa shape index (κ3) is 3.77. The van der Waals surface area contributed by atoms with Crippen LogP contribution in [-0.2, 0) is 6.42 Å². The summed E-state index contributed by atoms with van der Waals surface area (Å²) in [5.41, 5.74) is 0.923. The maximum Gasteiger partial charge on any atom is 0.165 e. The molecule has 0 saturated heterocycles. The fraction of sp³-hybridized carbons (Fsp3) is 0.400. The van der Waals surface area contributed by atoms with Crippen molar-refractivity contribution < 1.29 is 9.13 Å². The molecule has 108 valence electrons. The van der Waals surface area contributed by atoms with Crippen molar-refractivity contribution in [2.45, 2.75) is 25.8 Å². The number of nitrogens with zero attached hydrogens (tertiary/aromatic N) is 1. The van der Waals surface area contributed by atoms with Gasteiger partial charge in [0.05, 0.1) is 12.1 Å². The van der Waals surface area contributed by atoms with Crippen molar-refractivity contribution in [2.75, 3.05) is 13.7 Å². The lowest BCUT2D eigenvalue weighted by Gasteiger charge is -2.18. The summed E-state index contributed by atoms with van der Waals surface area (Å²) in [5, 5.41) is 6.46. The van der Waals surface area contributed by atoms with Crippen molar-refractivity contribution in [1.29, 1.82) is 0 Å². The van der Waals surface area contributed by atoms with Gasteiger partial charge >= 0.3 is 0 Å². The van der Waals surface area contributed by atoms with Gasteiger partial charge in [0.15, 0.2) is 11.6 Å². The normalized spacial score (nSPS) is 12.3. The molecule has 3 nitrogen and oxygen atoms in total. The smallest absolute Gasteiger partial charge is 0.165 e. The lowest BCUT2D eigenvalue weighted by atomic mass is 10.0. The third-order valence-electron chi connectivity index (χ3n) is 3.08. The van der Waals surface area contributed by atoms with Gasteiger partial charge in [0.25, 0.3) is 0 Å². The van der Waals surface area contributed by atoms with Gasteiger partial charge in [-0.15, -0.1) is 11.3 Å². The molecule has 1 unspecified atom stereocenters. The van der Waals surface area contributed by atoms with Gasteiger partial charge in [-0.25, -0.2) is 9.37 Å². The topological polar surface area (TPSA) is 34.2 Å². The van der Waals surface area contributed by atoms with Crippen molar-refractivity contribution in [3.63, 3.8) is 0 Å². The summed E-state index contributed by atoms with van der Waals surface area (Å²) < 4.78 is 18.8. The van der Waals surface area contributed by atoms with Crippen LogP contribution in [-0.4, -0.2) is 18.6 Å². The van der Waals surface area contributed by atoms with E-state index in [4.69, 9.17) is 4.74 Å². The molecule has 1 N–H and O–H groups in total. The molecule has 0 bridgehead atoms. The molecular formula is C15H19FN2OS. The first-order valence-corrected chi connectivity index (χ1v) is 7.57. The number of nitrogens with one attached hydrogen (secondary N) is 1. The van der Waals surface area contributed by atoms with Crippen molar-refractivity contribution in [3.8, 4) is 5.75 Å². The number of methoxy groups -OCH3 is 1. The molecule has 1 heterocycles. The lowest BCUT2D eigenvalue weighted by Crippen LogP contribution is -2.24. The van der Waals surface area contributed by atoms with Crippen LogP contribution >= 0.6 is 11.3 Å². The Morgan fingerprint density at radius 2 is 2.30 bits per heavy atom. The third-order valence-corrected chi connectivity index (χ3v) is 3.88. The largest absolute Gasteiger partial charge is 0.494 e. The van der Waals surface area contributed by atoms with Crippen molar-refractivity contribution in [2.24, 2.45) is 0 Å². The highest BCUT2D eigenvalue weighted by Gasteiger charge is 2.15. The summed E-state index contributed by atoms with van der Waals surface area (Å²) in [6.07, 6.45) is 3.60. The van der Waals surface area contributed by atoms with E-state index in [1.165, 1.54) is 7.11 Å². The van der Waals surface area contributed by atoms with Gasteiger partial charge in [-0.05, 0) is 30.7 Å². The van der Waals surface area contributed by atoms with Gasteiger partial charge in [-0.2, -0.15) is 0 Å². The molecule has 0 aliphatic rings. The molecule has 2 rings (SSSR count). The minimum Gasteiger partial charge on any atom is -0.494 e. The zero-order valence-electron chi connectivity index (χ0n) is 11.7. The predicted octanol–water partition coefficient (Wildman–Crippen LogP) is 3.57. The van der Waals surface area contributed by atoms with Crippen LogP contribution in [0.15, 0.2) is 29.8 Å². The molecule has 0 radical (unpaired) electrons. The number of ether oxygens (including phenoxy) is 1. The monoisotopic (exact) mass is 294 g/mol. The molecule has 0 fully saturated rings. The van der Waals surface area contributed by atoms with Crippen molar-refractivity contribution in [1.82, 2.24) is 10.3 Å². The fourth-order valence-corrected chi connectivity index (χ4v) is 2.72. The average Bonchev–Trinajstić information content (AvgIpc) is 2.96. The minimum atomic E-state index is -0.326. The SMILES string of the molecule is CCCNC(Cc1nccs1)c1ccc(OC)c(F)c1. The number of thiazole rings is 1. The molecule has 0 aliphatic heterocycles. The number of aromatic nitrogens is 1. The van der Waals surface area contributed by atoms with Crippen LogP contribution in [0.25, 0.3) is 0 Å². The predicted molar refractivity (Wildman–Crippen MR) is 79.8 cm³/mol. The van der Waals surface area contributed by atoms with E-state index in [1.54, 1.807) is 29.7 Å². The zero-order chi connectivity index (χ0) is 14.4. The number of benzene rings is 1. The Morgan fingerprint density at radius 3 is 2.90 bits per heavy atom. The molecule has 0 amide bonds. The Morgan fingerprint density at radius 1 is 1.45 bits per heavy atom. The van der Waals surface area contributed by atoms with Crippen LogP contribution in [0.2, 0.25) is 0 Å². The number of halogens is 1. The summed E-state index contributed by atoms with van der Waals surface area (Å²) in [6.45, 7) is 3.01. The van der Waals surface area contributed by atoms with E-state index in [2.05, 4.69) is 17.2 Å². The summed E-state index contributed by atoms with van der Waals surface area (Å²) >= 11 is 1.62. The van der Waals surface area contributed by atoms with E-state index in [0.29, 0.717) is 0 Å². The minimum absolute atomic E-state index is 0.0708. The van der Waals surface area contributed by atoms with E-state index >= 15 is 0 Å². The van der Waals surface area contributed by atoms with Gasteiger partial charge in [-0.1, -0.05) is 13.0 Å². The highest BCUT2D eigenvalue weighted by molar-refractivity contribution is 7.09. The molecule has 2 aromatic rings. The first-order valence-electron chi connectivity index (χ1n) is 6.69. The van der Waals surface area contributed by atoms with E-state index in [0.717, 1.165) is 30.0 Å². The van der Waals surface area contributed by atoms with Crippen molar-refractivity contribution in [3.05, 3.63) is 46.2 Å². The quantitative estimate of drug-likeness (QED) is 0.847. The van der Waals surface area contributed by atoms with Crippen LogP contribution < -0.4 is 10.1 Å². The molecule has 0 aliphatic carbocycles. The van der Waals surface area contributed by atoms with Gasteiger partial charge in [0.1, 0.15) is 0 Å². The van der Waals surface area contributed by atoms with Crippen LogP contribution in [0.3, 0.4) is 0 Å². The Labute approximate surface area is 122 Å². The van der Waals surface area contributed by atoms with Crippen LogP contribution in [0, 0.1) is 5.82 Å². The molecule has 1 aromatic heterocycles. The molecule has 5 heteroatoms. The van der Waals surface area contributed by atoms with E-state index in [9.17, 15) is 4.39 Å². The molecule has 0 saturated carbocycles. The second kappa shape index (κ2) is 7.36. The highest BCUT2D eigenvalue weighted by Crippen LogP contribution is 2.24.